The maximum absolute atomic E-state index is 4.30. The highest BCUT2D eigenvalue weighted by molar-refractivity contribution is 5.61. The van der Waals surface area contributed by atoms with Crippen LogP contribution in [0.3, 0.4) is 0 Å². The summed E-state index contributed by atoms with van der Waals surface area (Å²) < 4.78 is 0. The monoisotopic (exact) mass is 179 g/mol. The molecule has 0 bridgehead atoms. The van der Waals surface area contributed by atoms with Crippen molar-refractivity contribution >= 4 is 6.21 Å². The first-order chi connectivity index (χ1) is 6.33. The second-order valence-corrected chi connectivity index (χ2v) is 4.11. The second kappa shape index (κ2) is 5.95. The second-order valence-electron chi connectivity index (χ2n) is 4.11. The van der Waals surface area contributed by atoms with Gasteiger partial charge in [-0.1, -0.05) is 26.3 Å². The Morgan fingerprint density at radius 1 is 1.31 bits per heavy atom. The third kappa shape index (κ3) is 4.25. The Morgan fingerprint density at radius 3 is 2.92 bits per heavy atom. The zero-order valence-electron chi connectivity index (χ0n) is 8.87. The van der Waals surface area contributed by atoms with Gasteiger partial charge in [-0.2, -0.15) is 0 Å². The average Bonchev–Trinajstić information content (AvgIpc) is 2.16. The molecule has 1 aliphatic rings. The molecule has 1 rings (SSSR count). The third-order valence-corrected chi connectivity index (χ3v) is 2.87. The Hall–Kier alpha value is -0.590. The van der Waals surface area contributed by atoms with E-state index in [1.54, 1.807) is 0 Å². The molecule has 0 spiro atoms. The molecule has 0 amide bonds. The smallest absolute Gasteiger partial charge is 0.0224 e. The van der Waals surface area contributed by atoms with Crippen LogP contribution in [0.2, 0.25) is 0 Å². The van der Waals surface area contributed by atoms with Crippen LogP contribution in [0.4, 0.5) is 0 Å². The van der Waals surface area contributed by atoms with Gasteiger partial charge in [0.25, 0.3) is 0 Å². The quantitative estimate of drug-likeness (QED) is 0.580. The molecular weight excluding hydrogens is 158 g/mol. The highest BCUT2D eigenvalue weighted by atomic mass is 14.7. The summed E-state index contributed by atoms with van der Waals surface area (Å²) in [5.41, 5.74) is 0. The largest absolute Gasteiger partial charge is 0.269 e. The molecule has 0 saturated heterocycles. The molecule has 1 aliphatic heterocycles. The number of rotatable bonds is 1. The van der Waals surface area contributed by atoms with Crippen molar-refractivity contribution in [2.45, 2.75) is 46.0 Å². The molecule has 74 valence electrons. The fourth-order valence-corrected chi connectivity index (χ4v) is 1.71. The molecule has 1 nitrogen and oxygen atoms in total. The maximum Gasteiger partial charge on any atom is 0.0224 e. The van der Waals surface area contributed by atoms with E-state index >= 15 is 0 Å². The Balaban J connectivity index is 2.49. The van der Waals surface area contributed by atoms with Crippen LogP contribution in [0, 0.1) is 11.8 Å². The van der Waals surface area contributed by atoms with E-state index < -0.39 is 0 Å². The first-order valence-electron chi connectivity index (χ1n) is 5.51. The minimum Gasteiger partial charge on any atom is -0.269 e. The van der Waals surface area contributed by atoms with E-state index in [1.807, 2.05) is 6.20 Å². The lowest BCUT2D eigenvalue weighted by Gasteiger charge is -2.14. The highest BCUT2D eigenvalue weighted by Crippen LogP contribution is 2.19. The molecule has 0 aromatic carbocycles. The van der Waals surface area contributed by atoms with Gasteiger partial charge in [-0.3, -0.25) is 4.99 Å². The van der Waals surface area contributed by atoms with Gasteiger partial charge in [0.1, 0.15) is 0 Å². The Labute approximate surface area is 82.0 Å². The van der Waals surface area contributed by atoms with Crippen LogP contribution < -0.4 is 0 Å². The van der Waals surface area contributed by atoms with E-state index in [0.717, 1.165) is 5.92 Å². The summed E-state index contributed by atoms with van der Waals surface area (Å²) >= 11 is 0. The minimum absolute atomic E-state index is 0.699. The fourth-order valence-electron chi connectivity index (χ4n) is 1.71. The Bertz CT molecular complexity index is 182. The Morgan fingerprint density at radius 2 is 2.15 bits per heavy atom. The number of hydrogen-bond acceptors (Lipinski definition) is 1. The van der Waals surface area contributed by atoms with Gasteiger partial charge in [-0.15, -0.1) is 0 Å². The summed E-state index contributed by atoms with van der Waals surface area (Å²) in [4.78, 5) is 4.30. The average molecular weight is 179 g/mol. The van der Waals surface area contributed by atoms with Crippen LogP contribution in [0.1, 0.15) is 46.0 Å². The molecule has 0 fully saturated rings. The van der Waals surface area contributed by atoms with Crippen LogP contribution >= 0.6 is 0 Å². The zero-order chi connectivity index (χ0) is 9.52. The van der Waals surface area contributed by atoms with Crippen molar-refractivity contribution in [2.24, 2.45) is 16.8 Å². The Kier molecular flexibility index (Phi) is 4.81. The van der Waals surface area contributed by atoms with E-state index in [-0.39, 0.29) is 0 Å². The van der Waals surface area contributed by atoms with E-state index in [4.69, 9.17) is 0 Å². The lowest BCUT2D eigenvalue weighted by molar-refractivity contribution is 0.442. The van der Waals surface area contributed by atoms with Gasteiger partial charge in [0.15, 0.2) is 0 Å². The molecular formula is C12H21N. The first kappa shape index (κ1) is 10.5. The molecule has 2 atom stereocenters. The number of allylic oxidation sites excluding steroid dienone is 1. The predicted molar refractivity (Wildman–Crippen MR) is 59.0 cm³/mol. The zero-order valence-corrected chi connectivity index (χ0v) is 8.87. The molecule has 1 heterocycles. The lowest BCUT2D eigenvalue weighted by Crippen LogP contribution is -2.04. The van der Waals surface area contributed by atoms with Crippen molar-refractivity contribution in [1.29, 1.82) is 0 Å². The number of aliphatic imine (C=N–C) groups is 1. The van der Waals surface area contributed by atoms with Gasteiger partial charge >= 0.3 is 0 Å². The van der Waals surface area contributed by atoms with Crippen molar-refractivity contribution < 1.29 is 0 Å². The predicted octanol–water partition coefficient (Wildman–Crippen LogP) is 3.81. The molecule has 0 N–H and O–H groups in total. The van der Waals surface area contributed by atoms with Gasteiger partial charge < -0.3 is 0 Å². The topological polar surface area (TPSA) is 12.4 Å². The summed E-state index contributed by atoms with van der Waals surface area (Å²) in [5.74, 6) is 1.58. The summed E-state index contributed by atoms with van der Waals surface area (Å²) in [6, 6.07) is 0. The molecule has 0 saturated carbocycles. The van der Waals surface area contributed by atoms with Crippen LogP contribution in [0.5, 0.6) is 0 Å². The number of hydrogen-bond donors (Lipinski definition) is 0. The summed E-state index contributed by atoms with van der Waals surface area (Å²) in [5, 5.41) is 0. The van der Waals surface area contributed by atoms with Gasteiger partial charge in [-0.25, -0.2) is 0 Å². The molecule has 0 radical (unpaired) electrons. The van der Waals surface area contributed by atoms with Crippen LogP contribution in [-0.4, -0.2) is 6.21 Å². The molecule has 2 unspecified atom stereocenters. The molecule has 1 heteroatoms. The van der Waals surface area contributed by atoms with Crippen molar-refractivity contribution in [3.05, 3.63) is 12.3 Å². The number of nitrogens with zero attached hydrogens (tertiary/aromatic N) is 1. The molecule has 13 heavy (non-hydrogen) atoms. The van der Waals surface area contributed by atoms with Crippen molar-refractivity contribution in [3.63, 3.8) is 0 Å². The summed E-state index contributed by atoms with van der Waals surface area (Å²) in [7, 11) is 0. The van der Waals surface area contributed by atoms with Crippen LogP contribution in [0.25, 0.3) is 0 Å². The van der Waals surface area contributed by atoms with Crippen molar-refractivity contribution in [1.82, 2.24) is 0 Å². The van der Waals surface area contributed by atoms with Crippen LogP contribution in [-0.2, 0) is 0 Å². The summed E-state index contributed by atoms with van der Waals surface area (Å²) in [6.07, 6.45) is 12.7. The standard InChI is InChI=1S/C12H21N/c1-3-12-8-7-11(2)6-4-5-9-13-10-12/h5,9-12H,3-4,6-8H2,1-2H3/b9-5-,13-10-. The molecule has 0 aromatic rings. The minimum atomic E-state index is 0.699. The summed E-state index contributed by atoms with van der Waals surface area (Å²) in [6.45, 7) is 4.61. The fraction of sp³-hybridized carbons (Fsp3) is 0.750. The third-order valence-electron chi connectivity index (χ3n) is 2.87. The van der Waals surface area contributed by atoms with E-state index in [2.05, 4.69) is 31.1 Å². The van der Waals surface area contributed by atoms with Crippen molar-refractivity contribution in [3.8, 4) is 0 Å². The normalized spacial score (nSPS) is 35.2. The van der Waals surface area contributed by atoms with Gasteiger partial charge in [-0.05, 0) is 37.5 Å². The highest BCUT2D eigenvalue weighted by Gasteiger charge is 2.07. The van der Waals surface area contributed by atoms with Crippen molar-refractivity contribution in [2.75, 3.05) is 0 Å². The van der Waals surface area contributed by atoms with Gasteiger partial charge in [0.2, 0.25) is 0 Å². The van der Waals surface area contributed by atoms with Gasteiger partial charge in [0, 0.05) is 12.4 Å². The van der Waals surface area contributed by atoms with Crippen LogP contribution in [0.15, 0.2) is 17.3 Å². The van der Waals surface area contributed by atoms with E-state index in [9.17, 15) is 0 Å². The van der Waals surface area contributed by atoms with Gasteiger partial charge in [0.05, 0.1) is 0 Å². The first-order valence-corrected chi connectivity index (χ1v) is 5.51. The van der Waals surface area contributed by atoms with E-state index in [0.29, 0.717) is 5.92 Å². The van der Waals surface area contributed by atoms with E-state index in [1.165, 1.54) is 32.1 Å². The molecule has 0 aliphatic carbocycles. The SMILES string of the molecule is CCC1/C=N\C=C/CCC(C)CC1. The maximum atomic E-state index is 4.30. The lowest BCUT2D eigenvalue weighted by atomic mass is 9.93. The molecule has 0 aromatic heterocycles.